The van der Waals surface area contributed by atoms with Gasteiger partial charge in [-0.2, -0.15) is 4.98 Å². The van der Waals surface area contributed by atoms with Crippen molar-refractivity contribution in [3.05, 3.63) is 16.7 Å². The van der Waals surface area contributed by atoms with Crippen LogP contribution in [0.25, 0.3) is 11.2 Å². The van der Waals surface area contributed by atoms with Crippen LogP contribution in [0.15, 0.2) is 11.1 Å². The molecule has 0 unspecified atom stereocenters. The lowest BCUT2D eigenvalue weighted by Crippen LogP contribution is -2.44. The fourth-order valence-corrected chi connectivity index (χ4v) is 4.91. The number of fused-ring (bicyclic) bond motifs is 1. The van der Waals surface area contributed by atoms with E-state index in [2.05, 4.69) is 25.1 Å². The van der Waals surface area contributed by atoms with Crippen LogP contribution < -0.4 is 21.5 Å². The van der Waals surface area contributed by atoms with Gasteiger partial charge in [-0.15, -0.1) is 0 Å². The Morgan fingerprint density at radius 3 is 2.43 bits per heavy atom. The number of anilines is 1. The van der Waals surface area contributed by atoms with Crippen LogP contribution in [0.2, 0.25) is 0 Å². The summed E-state index contributed by atoms with van der Waals surface area (Å²) in [5.74, 6) is -1.64. The number of carbonyl (C=O) groups excluding carboxylic acids is 2. The number of aromatic amines is 1. The van der Waals surface area contributed by atoms with Gasteiger partial charge in [-0.3, -0.25) is 28.5 Å². The number of H-pyrrole nitrogens is 1. The van der Waals surface area contributed by atoms with Crippen LogP contribution in [0.4, 0.5) is 5.95 Å². The Balaban J connectivity index is 1.77. The molecule has 7 N–H and O–H groups in total. The summed E-state index contributed by atoms with van der Waals surface area (Å²) in [4.78, 5) is 45.8. The van der Waals surface area contributed by atoms with Crippen LogP contribution >= 0.6 is 7.67 Å². The summed E-state index contributed by atoms with van der Waals surface area (Å²) in [5, 5.41) is 26.5. The van der Waals surface area contributed by atoms with Crippen molar-refractivity contribution in [1.29, 1.82) is 0 Å². The number of ether oxygens (including phenoxy) is 3. The second kappa shape index (κ2) is 11.6. The predicted octanol–water partition coefficient (Wildman–Crippen LogP) is -1.86. The number of nitrogen functional groups attached to an aromatic ring is 1. The van der Waals surface area contributed by atoms with E-state index in [1.165, 1.54) is 17.8 Å². The smallest absolute Gasteiger partial charge is 0.341 e. The maximum absolute atomic E-state index is 13.3. The Hall–Kier alpha value is -2.92. The molecule has 2 aromatic heterocycles. The van der Waals surface area contributed by atoms with Crippen LogP contribution in [0.5, 0.6) is 0 Å². The second-order valence-corrected chi connectivity index (χ2v) is 10.1. The first-order valence-corrected chi connectivity index (χ1v) is 12.9. The van der Waals surface area contributed by atoms with Crippen LogP contribution in [-0.2, 0) is 32.9 Å². The predicted molar refractivity (Wildman–Crippen MR) is 126 cm³/mol. The van der Waals surface area contributed by atoms with Crippen LogP contribution in [-0.4, -0.2) is 92.4 Å². The van der Waals surface area contributed by atoms with E-state index in [1.54, 1.807) is 13.8 Å². The molecular formula is C19H30N7O10P. The van der Waals surface area contributed by atoms with Gasteiger partial charge in [-0.1, -0.05) is 0 Å². The third-order valence-corrected chi connectivity index (χ3v) is 7.01. The Bertz CT molecular complexity index is 1210. The molecule has 0 radical (unpaired) electrons. The van der Waals surface area contributed by atoms with Crippen molar-refractivity contribution in [2.45, 2.75) is 44.8 Å². The molecule has 0 aromatic carbocycles. The number of nitrogens with one attached hydrogen (secondary N) is 3. The fourth-order valence-electron chi connectivity index (χ4n) is 3.58. The van der Waals surface area contributed by atoms with Crippen molar-refractivity contribution in [2.75, 3.05) is 38.6 Å². The molecule has 0 spiro atoms. The van der Waals surface area contributed by atoms with E-state index in [1.807, 2.05) is 0 Å². The van der Waals surface area contributed by atoms with Gasteiger partial charge in [0.2, 0.25) is 5.95 Å². The summed E-state index contributed by atoms with van der Waals surface area (Å²) in [7, 11) is -4.10. The van der Waals surface area contributed by atoms with E-state index < -0.39 is 68.9 Å². The van der Waals surface area contributed by atoms with Gasteiger partial charge in [-0.05, 0) is 20.8 Å². The van der Waals surface area contributed by atoms with Gasteiger partial charge in [0, 0.05) is 0 Å². The molecule has 0 amide bonds. The molecule has 1 aliphatic rings. The number of hydrogen-bond donors (Lipinski definition) is 6. The highest BCUT2D eigenvalue weighted by Gasteiger charge is 2.54. The van der Waals surface area contributed by atoms with Crippen LogP contribution in [0, 0.1) is 0 Å². The van der Waals surface area contributed by atoms with E-state index in [-0.39, 0.29) is 30.3 Å². The van der Waals surface area contributed by atoms with Crippen LogP contribution in [0.3, 0.4) is 0 Å². The number of hydrogen-bond acceptors (Lipinski definition) is 13. The number of nitrogens with two attached hydrogens (primary N) is 1. The number of aromatic nitrogens is 4. The molecular weight excluding hydrogens is 517 g/mol. The lowest BCUT2D eigenvalue weighted by molar-refractivity contribution is -0.142. The van der Waals surface area contributed by atoms with Gasteiger partial charge in [0.1, 0.15) is 30.9 Å². The van der Waals surface area contributed by atoms with Crippen molar-refractivity contribution in [2.24, 2.45) is 0 Å². The average Bonchev–Trinajstić information content (AvgIpc) is 3.34. The van der Waals surface area contributed by atoms with E-state index >= 15 is 0 Å². The van der Waals surface area contributed by atoms with E-state index in [9.17, 15) is 29.2 Å². The molecule has 1 fully saturated rings. The lowest BCUT2D eigenvalue weighted by Gasteiger charge is -2.27. The summed E-state index contributed by atoms with van der Waals surface area (Å²) < 4.78 is 35.3. The Morgan fingerprint density at radius 2 is 1.86 bits per heavy atom. The quantitative estimate of drug-likeness (QED) is 0.126. The monoisotopic (exact) mass is 547 g/mol. The molecule has 3 heterocycles. The fraction of sp³-hybridized carbons (Fsp3) is 0.632. The molecule has 17 nitrogen and oxygen atoms in total. The van der Waals surface area contributed by atoms with Crippen molar-refractivity contribution in [3.8, 4) is 0 Å². The third kappa shape index (κ3) is 6.51. The van der Waals surface area contributed by atoms with Crippen molar-refractivity contribution >= 4 is 36.7 Å². The average molecular weight is 547 g/mol. The highest BCUT2D eigenvalue weighted by atomic mass is 31.2. The largest absolute Gasteiger partial charge is 0.465 e. The highest BCUT2D eigenvalue weighted by molar-refractivity contribution is 7.54. The number of aliphatic hydroxyl groups excluding tert-OH is 1. The van der Waals surface area contributed by atoms with Gasteiger partial charge in [0.05, 0.1) is 26.1 Å². The highest BCUT2D eigenvalue weighted by Crippen LogP contribution is 2.42. The molecule has 206 valence electrons. The molecule has 18 heteroatoms. The number of carbonyl (C=O) groups is 2. The first kappa shape index (κ1) is 28.6. The molecule has 3 rings (SSSR count). The van der Waals surface area contributed by atoms with Crippen molar-refractivity contribution < 1.29 is 43.1 Å². The zero-order valence-corrected chi connectivity index (χ0v) is 21.3. The third-order valence-electron chi connectivity index (χ3n) is 5.35. The molecule has 1 saturated heterocycles. The second-order valence-electron chi connectivity index (χ2n) is 8.10. The summed E-state index contributed by atoms with van der Waals surface area (Å²) in [6.45, 7) is 3.07. The lowest BCUT2D eigenvalue weighted by atomic mass is 9.96. The van der Waals surface area contributed by atoms with Crippen LogP contribution in [0.1, 0.15) is 27.0 Å². The molecule has 0 saturated carbocycles. The minimum absolute atomic E-state index is 0.00169. The molecule has 0 bridgehead atoms. The number of esters is 2. The summed E-state index contributed by atoms with van der Waals surface area (Å²) >= 11 is 0. The number of rotatable bonds is 12. The summed E-state index contributed by atoms with van der Waals surface area (Å²) in [5.41, 5.74) is 2.99. The Labute approximate surface area is 210 Å². The van der Waals surface area contributed by atoms with E-state index in [0.717, 1.165) is 0 Å². The maximum atomic E-state index is 13.3. The Morgan fingerprint density at radius 1 is 1.27 bits per heavy atom. The van der Waals surface area contributed by atoms with E-state index in [0.29, 0.717) is 0 Å². The normalized spacial score (nSPS) is 23.9. The van der Waals surface area contributed by atoms with Crippen molar-refractivity contribution in [1.82, 2.24) is 29.7 Å². The van der Waals surface area contributed by atoms with Gasteiger partial charge in [0.15, 0.2) is 17.4 Å². The van der Waals surface area contributed by atoms with Gasteiger partial charge < -0.3 is 34.7 Å². The number of aliphatic hydroxyl groups is 2. The van der Waals surface area contributed by atoms with Crippen molar-refractivity contribution in [3.63, 3.8) is 0 Å². The van der Waals surface area contributed by atoms with Gasteiger partial charge in [-0.25, -0.2) is 15.2 Å². The van der Waals surface area contributed by atoms with Gasteiger partial charge >= 0.3 is 19.6 Å². The number of nitrogens with zero attached hydrogens (tertiary/aromatic N) is 3. The maximum Gasteiger partial charge on any atom is 0.341 e. The number of imidazole rings is 1. The minimum atomic E-state index is -4.10. The SMILES string of the molecule is CCOC(=O)CNP(=O)(NCC(=O)OCC)OC[C@H]1O[C@@H](n2cnc3c(=O)[nH]c(N)nc32)[C@](C)(O)[C@@H]1O. The summed E-state index contributed by atoms with van der Waals surface area (Å²) in [6, 6.07) is 0. The molecule has 0 aliphatic carbocycles. The molecule has 1 aliphatic heterocycles. The minimum Gasteiger partial charge on any atom is -0.465 e. The first-order valence-electron chi connectivity index (χ1n) is 11.3. The summed E-state index contributed by atoms with van der Waals surface area (Å²) in [6.07, 6.45) is -2.93. The van der Waals surface area contributed by atoms with E-state index in [4.69, 9.17) is 24.5 Å². The first-order chi connectivity index (χ1) is 17.4. The Kier molecular flexibility index (Phi) is 9.01. The zero-order chi connectivity index (χ0) is 27.4. The molecule has 37 heavy (non-hydrogen) atoms. The van der Waals surface area contributed by atoms with Gasteiger partial charge in [0.25, 0.3) is 5.56 Å². The zero-order valence-electron chi connectivity index (χ0n) is 20.4. The standard InChI is InChI=1S/C19H30N7O10P/c1-4-33-11(27)6-22-37(32,23-7-12(28)34-5-2)35-8-10-14(29)19(3,31)17(36-10)26-9-21-13-15(26)24-18(20)25-16(13)30/h9-10,14,17,29,31H,4-8H2,1-3H3,(H2,22,23,32)(H3,20,24,25,30)/t10-,14-,17-,19-/m1/s1. The molecule has 2 aromatic rings. The topological polar surface area (TPSA) is 242 Å². The molecule has 4 atom stereocenters.